The molecule has 1 amide bonds. The van der Waals surface area contributed by atoms with E-state index in [0.29, 0.717) is 29.0 Å². The van der Waals surface area contributed by atoms with Crippen molar-refractivity contribution in [2.75, 3.05) is 16.8 Å². The molecule has 34 heavy (non-hydrogen) atoms. The molecule has 1 unspecified atom stereocenters. The van der Waals surface area contributed by atoms with Gasteiger partial charge in [-0.3, -0.25) is 4.79 Å². The summed E-state index contributed by atoms with van der Waals surface area (Å²) in [6.07, 6.45) is 3.56. The number of benzene rings is 2. The van der Waals surface area contributed by atoms with E-state index in [-0.39, 0.29) is 23.1 Å². The van der Waals surface area contributed by atoms with Crippen LogP contribution in [0.15, 0.2) is 60.3 Å². The summed E-state index contributed by atoms with van der Waals surface area (Å²) in [7, 11) is -3.06. The number of nitrogens with one attached hydrogen (secondary N) is 1. The van der Waals surface area contributed by atoms with Crippen LogP contribution in [0, 0.1) is 18.3 Å². The second-order valence-electron chi connectivity index (χ2n) is 8.38. The van der Waals surface area contributed by atoms with E-state index in [9.17, 15) is 18.5 Å². The van der Waals surface area contributed by atoms with Crippen molar-refractivity contribution >= 4 is 49.3 Å². The standard InChI is InChI=1S/C25H21N5O3S/c1-16-22-12-17(14-27-24(22)30(29-16)20-9-10-34(32,33)15-20)11-19(13-26)25(31)28-23-8-4-6-18-5-2-3-7-21(18)23/h2-8,11-12,14,20H,9-10,15H2,1H3,(H,28,31)/b19-11-. The topological polar surface area (TPSA) is 118 Å². The third-order valence-electron chi connectivity index (χ3n) is 6.02. The molecule has 0 aliphatic carbocycles. The summed E-state index contributed by atoms with van der Waals surface area (Å²) >= 11 is 0. The first-order valence-electron chi connectivity index (χ1n) is 10.8. The van der Waals surface area contributed by atoms with Crippen LogP contribution in [0.3, 0.4) is 0 Å². The molecule has 5 rings (SSSR count). The second-order valence-corrected chi connectivity index (χ2v) is 10.6. The zero-order chi connectivity index (χ0) is 23.9. The van der Waals surface area contributed by atoms with Crippen molar-refractivity contribution in [3.63, 3.8) is 0 Å². The molecule has 1 N–H and O–H groups in total. The Morgan fingerprint density at radius 1 is 1.21 bits per heavy atom. The number of nitriles is 1. The Morgan fingerprint density at radius 3 is 2.76 bits per heavy atom. The summed E-state index contributed by atoms with van der Waals surface area (Å²) in [6, 6.07) is 16.8. The number of hydrogen-bond acceptors (Lipinski definition) is 6. The molecule has 1 saturated heterocycles. The molecular formula is C25H21N5O3S. The Balaban J connectivity index is 1.45. The summed E-state index contributed by atoms with van der Waals surface area (Å²) in [4.78, 5) is 17.4. The van der Waals surface area contributed by atoms with Crippen LogP contribution < -0.4 is 5.32 Å². The fourth-order valence-electron chi connectivity index (χ4n) is 4.33. The van der Waals surface area contributed by atoms with Crippen LogP contribution in [0.5, 0.6) is 0 Å². The maximum Gasteiger partial charge on any atom is 0.266 e. The Morgan fingerprint density at radius 2 is 2.00 bits per heavy atom. The molecule has 2 aromatic heterocycles. The van der Waals surface area contributed by atoms with E-state index < -0.39 is 15.7 Å². The number of anilines is 1. The number of sulfone groups is 1. The fraction of sp³-hybridized carbons (Fsp3) is 0.200. The highest BCUT2D eigenvalue weighted by Gasteiger charge is 2.31. The van der Waals surface area contributed by atoms with E-state index >= 15 is 0 Å². The summed E-state index contributed by atoms with van der Waals surface area (Å²) in [5.41, 5.74) is 2.46. The zero-order valence-electron chi connectivity index (χ0n) is 18.4. The van der Waals surface area contributed by atoms with Crippen LogP contribution >= 0.6 is 0 Å². The van der Waals surface area contributed by atoms with Gasteiger partial charge in [0.05, 0.1) is 23.2 Å². The van der Waals surface area contributed by atoms with Crippen molar-refractivity contribution in [2.45, 2.75) is 19.4 Å². The average molecular weight is 472 g/mol. The minimum Gasteiger partial charge on any atom is -0.321 e. The van der Waals surface area contributed by atoms with Gasteiger partial charge < -0.3 is 5.32 Å². The maximum atomic E-state index is 12.9. The highest BCUT2D eigenvalue weighted by Crippen LogP contribution is 2.28. The van der Waals surface area contributed by atoms with E-state index in [1.807, 2.05) is 55.5 Å². The zero-order valence-corrected chi connectivity index (χ0v) is 19.2. The van der Waals surface area contributed by atoms with Crippen LogP contribution in [0.4, 0.5) is 5.69 Å². The molecule has 1 aliphatic heterocycles. The first-order chi connectivity index (χ1) is 16.3. The van der Waals surface area contributed by atoms with Gasteiger partial charge in [0.25, 0.3) is 5.91 Å². The molecule has 1 aliphatic rings. The maximum absolute atomic E-state index is 12.9. The normalized spacial score (nSPS) is 17.6. The van der Waals surface area contributed by atoms with E-state index in [2.05, 4.69) is 15.4 Å². The molecule has 0 saturated carbocycles. The van der Waals surface area contributed by atoms with E-state index in [4.69, 9.17) is 0 Å². The highest BCUT2D eigenvalue weighted by atomic mass is 32.2. The quantitative estimate of drug-likeness (QED) is 0.357. The number of nitrogens with zero attached hydrogens (tertiary/aromatic N) is 4. The van der Waals surface area contributed by atoms with Gasteiger partial charge in [0.15, 0.2) is 15.5 Å². The first-order valence-corrected chi connectivity index (χ1v) is 12.6. The Labute approximate surface area is 196 Å². The van der Waals surface area contributed by atoms with E-state index in [1.54, 1.807) is 16.9 Å². The Bertz CT molecular complexity index is 1620. The Hall–Kier alpha value is -4.03. The SMILES string of the molecule is Cc1nn(C2CCS(=O)(=O)C2)c2ncc(/C=C(/C#N)C(=O)Nc3cccc4ccccc34)cc12. The lowest BCUT2D eigenvalue weighted by Crippen LogP contribution is -2.13. The van der Waals surface area contributed by atoms with Crippen molar-refractivity contribution < 1.29 is 13.2 Å². The molecule has 2 aromatic carbocycles. The minimum absolute atomic E-state index is 0.0546. The van der Waals surface area contributed by atoms with Crippen molar-refractivity contribution in [3.05, 3.63) is 71.6 Å². The summed E-state index contributed by atoms with van der Waals surface area (Å²) in [6.45, 7) is 1.83. The van der Waals surface area contributed by atoms with Crippen molar-refractivity contribution in [1.29, 1.82) is 5.26 Å². The molecule has 170 valence electrons. The van der Waals surface area contributed by atoms with Gasteiger partial charge in [-0.05, 0) is 42.5 Å². The fourth-order valence-corrected chi connectivity index (χ4v) is 6.02. The van der Waals surface area contributed by atoms with Crippen LogP contribution in [-0.2, 0) is 14.6 Å². The monoisotopic (exact) mass is 471 g/mol. The van der Waals surface area contributed by atoms with Gasteiger partial charge in [0, 0.05) is 22.7 Å². The third-order valence-corrected chi connectivity index (χ3v) is 7.77. The number of carbonyl (C=O) groups excluding carboxylic acids is 1. The van der Waals surface area contributed by atoms with Gasteiger partial charge in [-0.25, -0.2) is 18.1 Å². The molecule has 1 atom stereocenters. The van der Waals surface area contributed by atoms with Gasteiger partial charge in [-0.15, -0.1) is 0 Å². The number of carbonyl (C=O) groups is 1. The van der Waals surface area contributed by atoms with Crippen LogP contribution in [0.1, 0.15) is 23.7 Å². The van der Waals surface area contributed by atoms with Crippen molar-refractivity contribution in [3.8, 4) is 6.07 Å². The van der Waals surface area contributed by atoms with E-state index in [1.165, 1.54) is 6.08 Å². The molecule has 0 spiro atoms. The molecule has 0 radical (unpaired) electrons. The molecule has 4 aromatic rings. The van der Waals surface area contributed by atoms with E-state index in [0.717, 1.165) is 16.2 Å². The minimum atomic E-state index is -3.06. The second kappa shape index (κ2) is 8.39. The van der Waals surface area contributed by atoms with Gasteiger partial charge in [0.1, 0.15) is 11.6 Å². The largest absolute Gasteiger partial charge is 0.321 e. The highest BCUT2D eigenvalue weighted by molar-refractivity contribution is 7.91. The van der Waals surface area contributed by atoms with Gasteiger partial charge in [0.2, 0.25) is 0 Å². The molecular weight excluding hydrogens is 450 g/mol. The number of fused-ring (bicyclic) bond motifs is 2. The summed E-state index contributed by atoms with van der Waals surface area (Å²) in [5, 5.41) is 19.6. The lowest BCUT2D eigenvalue weighted by atomic mass is 10.1. The van der Waals surface area contributed by atoms with Crippen LogP contribution in [-0.4, -0.2) is 40.6 Å². The molecule has 3 heterocycles. The van der Waals surface area contributed by atoms with Gasteiger partial charge >= 0.3 is 0 Å². The average Bonchev–Trinajstić information content (AvgIpc) is 3.36. The predicted octanol–water partition coefficient (Wildman–Crippen LogP) is 3.80. The number of aromatic nitrogens is 3. The summed E-state index contributed by atoms with van der Waals surface area (Å²) < 4.78 is 25.5. The molecule has 9 heteroatoms. The molecule has 8 nitrogen and oxygen atoms in total. The van der Waals surface area contributed by atoms with Crippen LogP contribution in [0.25, 0.3) is 27.9 Å². The number of hydrogen-bond donors (Lipinski definition) is 1. The van der Waals surface area contributed by atoms with Crippen molar-refractivity contribution in [1.82, 2.24) is 14.8 Å². The molecule has 1 fully saturated rings. The number of rotatable bonds is 4. The Kier molecular flexibility index (Phi) is 5.38. The first kappa shape index (κ1) is 21.8. The van der Waals surface area contributed by atoms with Gasteiger partial charge in [-0.2, -0.15) is 10.4 Å². The van der Waals surface area contributed by atoms with Crippen LogP contribution in [0.2, 0.25) is 0 Å². The third kappa shape index (κ3) is 4.04. The predicted molar refractivity (Wildman–Crippen MR) is 131 cm³/mol. The number of pyridine rings is 1. The van der Waals surface area contributed by atoms with Crippen molar-refractivity contribution in [2.24, 2.45) is 0 Å². The lowest BCUT2D eigenvalue weighted by Gasteiger charge is -2.09. The lowest BCUT2D eigenvalue weighted by molar-refractivity contribution is -0.112. The smallest absolute Gasteiger partial charge is 0.266 e. The number of amides is 1. The van der Waals surface area contributed by atoms with Gasteiger partial charge in [-0.1, -0.05) is 36.4 Å². The summed E-state index contributed by atoms with van der Waals surface area (Å²) in [5.74, 6) is -0.307. The number of aryl methyl sites for hydroxylation is 1. The molecule has 0 bridgehead atoms.